The molecule has 0 unspecified atom stereocenters. The summed E-state index contributed by atoms with van der Waals surface area (Å²) in [6.45, 7) is 1.40. The van der Waals surface area contributed by atoms with Crippen molar-refractivity contribution in [3.05, 3.63) is 95.6 Å². The summed E-state index contributed by atoms with van der Waals surface area (Å²) in [7, 11) is 0. The number of aromatic nitrogens is 2. The van der Waals surface area contributed by atoms with Crippen molar-refractivity contribution in [2.75, 3.05) is 0 Å². The average Bonchev–Trinajstić information content (AvgIpc) is 3.46. The predicted molar refractivity (Wildman–Crippen MR) is 143 cm³/mol. The van der Waals surface area contributed by atoms with Gasteiger partial charge in [0.1, 0.15) is 0 Å². The summed E-state index contributed by atoms with van der Waals surface area (Å²) < 4.78 is 2.15. The number of carboxylic acid groups (broad SMARTS) is 1. The first-order valence-corrected chi connectivity index (χ1v) is 13.3. The Morgan fingerprint density at radius 1 is 0.973 bits per heavy atom. The van der Waals surface area contributed by atoms with Gasteiger partial charge in [0, 0.05) is 32.0 Å². The molecule has 2 aliphatic rings. The lowest BCUT2D eigenvalue weighted by atomic mass is 9.74. The second-order valence-corrected chi connectivity index (χ2v) is 10.6. The van der Waals surface area contributed by atoms with Crippen LogP contribution in [-0.2, 0) is 22.7 Å². The molecule has 192 valence electrons. The second kappa shape index (κ2) is 11.6. The average molecular weight is 498 g/mol. The molecule has 37 heavy (non-hydrogen) atoms. The highest BCUT2D eigenvalue weighted by Gasteiger charge is 2.35. The molecule has 1 saturated heterocycles. The Balaban J connectivity index is 1.32. The predicted octanol–water partition coefficient (Wildman–Crippen LogP) is 5.79. The molecule has 0 radical (unpaired) electrons. The Morgan fingerprint density at radius 3 is 2.35 bits per heavy atom. The van der Waals surface area contributed by atoms with Crippen LogP contribution in [0.4, 0.5) is 0 Å². The highest BCUT2D eigenvalue weighted by Crippen LogP contribution is 2.40. The molecule has 1 amide bonds. The van der Waals surface area contributed by atoms with Crippen LogP contribution in [0, 0.1) is 11.8 Å². The van der Waals surface area contributed by atoms with E-state index in [2.05, 4.69) is 44.8 Å². The number of carboxylic acids is 1. The third-order valence-corrected chi connectivity index (χ3v) is 7.78. The van der Waals surface area contributed by atoms with Gasteiger partial charge in [-0.15, -0.1) is 0 Å². The van der Waals surface area contributed by atoms with E-state index in [1.807, 2.05) is 48.9 Å². The van der Waals surface area contributed by atoms with Crippen LogP contribution < -0.4 is 0 Å². The molecule has 2 aromatic carbocycles. The van der Waals surface area contributed by atoms with Crippen LogP contribution >= 0.6 is 0 Å². The number of carbonyl (C=O) groups is 2. The van der Waals surface area contributed by atoms with Gasteiger partial charge in [0.15, 0.2) is 0 Å². The number of amides is 1. The zero-order valence-electron chi connectivity index (χ0n) is 21.2. The summed E-state index contributed by atoms with van der Waals surface area (Å²) in [5, 5.41) is 9.54. The Labute approximate surface area is 218 Å². The van der Waals surface area contributed by atoms with Gasteiger partial charge in [0.25, 0.3) is 0 Å². The third kappa shape index (κ3) is 6.56. The topological polar surface area (TPSA) is 75.4 Å². The van der Waals surface area contributed by atoms with Crippen LogP contribution in [0.15, 0.2) is 78.8 Å². The molecule has 6 nitrogen and oxygen atoms in total. The quantitative estimate of drug-likeness (QED) is 0.406. The maximum absolute atomic E-state index is 12.7. The number of rotatable bonds is 9. The Morgan fingerprint density at radius 2 is 1.65 bits per heavy atom. The van der Waals surface area contributed by atoms with Gasteiger partial charge in [0.05, 0.1) is 18.2 Å². The van der Waals surface area contributed by atoms with Crippen molar-refractivity contribution in [2.45, 2.75) is 64.1 Å². The molecule has 1 aromatic heterocycles. The van der Waals surface area contributed by atoms with E-state index in [4.69, 9.17) is 0 Å². The van der Waals surface area contributed by atoms with Crippen LogP contribution in [-0.4, -0.2) is 37.5 Å². The summed E-state index contributed by atoms with van der Waals surface area (Å²) in [6.07, 6.45) is 11.2. The van der Waals surface area contributed by atoms with Crippen LogP contribution in [0.2, 0.25) is 0 Å². The molecule has 1 aliphatic heterocycles. The number of aliphatic carboxylic acids is 1. The van der Waals surface area contributed by atoms with Crippen LogP contribution in [0.5, 0.6) is 0 Å². The number of nitrogens with zero attached hydrogens (tertiary/aromatic N) is 3. The minimum atomic E-state index is -0.735. The van der Waals surface area contributed by atoms with Gasteiger partial charge in [-0.3, -0.25) is 9.59 Å². The lowest BCUT2D eigenvalue weighted by Gasteiger charge is -2.34. The molecule has 2 fully saturated rings. The van der Waals surface area contributed by atoms with Gasteiger partial charge in [-0.05, 0) is 61.1 Å². The number of benzene rings is 2. The Hall–Kier alpha value is -3.67. The zero-order valence-corrected chi connectivity index (χ0v) is 21.2. The SMILES string of the molecule is O=C(O)C[C@@H]1C/C(=C\c2cncn2Cc2ccccc2)C[C@H](C[C@@H]2CCC(=O)N2Cc2ccccc2)C1. The lowest BCUT2D eigenvalue weighted by Crippen LogP contribution is -2.35. The van der Waals surface area contributed by atoms with E-state index < -0.39 is 5.97 Å². The van der Waals surface area contributed by atoms with E-state index >= 15 is 0 Å². The normalized spacial score (nSPS) is 23.0. The second-order valence-electron chi connectivity index (χ2n) is 10.6. The van der Waals surface area contributed by atoms with Crippen molar-refractivity contribution in [1.29, 1.82) is 0 Å². The Kier molecular flexibility index (Phi) is 7.83. The zero-order chi connectivity index (χ0) is 25.6. The van der Waals surface area contributed by atoms with Crippen molar-refractivity contribution in [3.8, 4) is 0 Å². The minimum Gasteiger partial charge on any atom is -0.481 e. The monoisotopic (exact) mass is 497 g/mol. The van der Waals surface area contributed by atoms with Gasteiger partial charge >= 0.3 is 5.97 Å². The molecule has 3 aromatic rings. The fourth-order valence-corrected chi connectivity index (χ4v) is 6.16. The fourth-order valence-electron chi connectivity index (χ4n) is 6.16. The highest BCUT2D eigenvalue weighted by atomic mass is 16.4. The molecule has 2 heterocycles. The number of carbonyl (C=O) groups excluding carboxylic acids is 1. The van der Waals surface area contributed by atoms with Crippen molar-refractivity contribution in [2.24, 2.45) is 11.8 Å². The molecule has 6 heteroatoms. The number of likely N-dealkylation sites (tertiary alicyclic amines) is 1. The van der Waals surface area contributed by atoms with E-state index in [1.165, 1.54) is 11.1 Å². The summed E-state index contributed by atoms with van der Waals surface area (Å²) in [5.41, 5.74) is 4.71. The Bertz CT molecular complexity index is 1230. The smallest absolute Gasteiger partial charge is 0.303 e. The van der Waals surface area contributed by atoms with Crippen molar-refractivity contribution in [3.63, 3.8) is 0 Å². The highest BCUT2D eigenvalue weighted by molar-refractivity contribution is 5.78. The lowest BCUT2D eigenvalue weighted by molar-refractivity contribution is -0.138. The first-order chi connectivity index (χ1) is 18.0. The molecule has 1 aliphatic carbocycles. The standard InChI is InChI=1S/C31H35N3O3/c35-30-12-11-28(34(30)21-24-9-5-2-6-10-24)16-25-13-26(15-27(14-25)18-31(36)37)17-29-19-32-22-33(29)20-23-7-3-1-4-8-23/h1-10,17,19,22,25,27-28H,11-16,18,20-21H2,(H,36,37)/b26-17-/t25-,27-,28-/m0/s1. The summed E-state index contributed by atoms with van der Waals surface area (Å²) in [5.74, 6) is -0.0233. The summed E-state index contributed by atoms with van der Waals surface area (Å²) in [6, 6.07) is 20.7. The number of allylic oxidation sites excluding steroid dienone is 1. The van der Waals surface area contributed by atoms with E-state index in [0.29, 0.717) is 18.9 Å². The molecular formula is C31H35N3O3. The third-order valence-electron chi connectivity index (χ3n) is 7.78. The fraction of sp³-hybridized carbons (Fsp3) is 0.387. The van der Waals surface area contributed by atoms with Crippen molar-refractivity contribution < 1.29 is 14.7 Å². The van der Waals surface area contributed by atoms with Gasteiger partial charge in [0.2, 0.25) is 5.91 Å². The maximum atomic E-state index is 12.7. The number of imidazole rings is 1. The maximum Gasteiger partial charge on any atom is 0.303 e. The minimum absolute atomic E-state index is 0.118. The molecule has 1 saturated carbocycles. The van der Waals surface area contributed by atoms with E-state index in [0.717, 1.165) is 49.9 Å². The molecule has 1 N–H and O–H groups in total. The number of hydrogen-bond acceptors (Lipinski definition) is 3. The van der Waals surface area contributed by atoms with Crippen molar-refractivity contribution in [1.82, 2.24) is 14.5 Å². The molecule has 0 bridgehead atoms. The van der Waals surface area contributed by atoms with Gasteiger partial charge < -0.3 is 14.6 Å². The summed E-state index contributed by atoms with van der Waals surface area (Å²) in [4.78, 5) is 30.8. The van der Waals surface area contributed by atoms with Gasteiger partial charge in [-0.25, -0.2) is 4.98 Å². The van der Waals surface area contributed by atoms with Gasteiger partial charge in [-0.2, -0.15) is 0 Å². The van der Waals surface area contributed by atoms with Crippen LogP contribution in [0.25, 0.3) is 6.08 Å². The molecule has 0 spiro atoms. The molecule has 3 atom stereocenters. The van der Waals surface area contributed by atoms with E-state index in [1.54, 1.807) is 0 Å². The van der Waals surface area contributed by atoms with E-state index in [-0.39, 0.29) is 24.3 Å². The first-order valence-electron chi connectivity index (χ1n) is 13.3. The summed E-state index contributed by atoms with van der Waals surface area (Å²) >= 11 is 0. The first kappa shape index (κ1) is 25.0. The van der Waals surface area contributed by atoms with Crippen molar-refractivity contribution >= 4 is 18.0 Å². The van der Waals surface area contributed by atoms with Gasteiger partial charge in [-0.1, -0.05) is 66.2 Å². The van der Waals surface area contributed by atoms with E-state index in [9.17, 15) is 14.7 Å². The largest absolute Gasteiger partial charge is 0.481 e. The van der Waals surface area contributed by atoms with Crippen LogP contribution in [0.3, 0.4) is 0 Å². The van der Waals surface area contributed by atoms with Crippen LogP contribution in [0.1, 0.15) is 61.8 Å². The molecule has 5 rings (SSSR count). The molecular weight excluding hydrogens is 462 g/mol. The number of hydrogen-bond donors (Lipinski definition) is 1.